The van der Waals surface area contributed by atoms with Crippen LogP contribution in [0.1, 0.15) is 24.8 Å². The number of aromatic nitrogens is 1. The van der Waals surface area contributed by atoms with E-state index in [4.69, 9.17) is 14.3 Å². The van der Waals surface area contributed by atoms with E-state index in [1.54, 1.807) is 0 Å². The van der Waals surface area contributed by atoms with Gasteiger partial charge in [0.15, 0.2) is 31.9 Å². The molecule has 33 heavy (non-hydrogen) atoms. The van der Waals surface area contributed by atoms with Crippen molar-refractivity contribution in [2.45, 2.75) is 30.3 Å². The number of carbonyl (C=O) groups is 1. The van der Waals surface area contributed by atoms with E-state index in [9.17, 15) is 17.6 Å². The Morgan fingerprint density at radius 1 is 1.18 bits per heavy atom. The zero-order valence-electron chi connectivity index (χ0n) is 17.7. The molecule has 1 atom stereocenters. The first-order valence-corrected chi connectivity index (χ1v) is 13.0. The summed E-state index contributed by atoms with van der Waals surface area (Å²) in [6.07, 6.45) is 2.78. The van der Waals surface area contributed by atoms with Crippen molar-refractivity contribution in [3.8, 4) is 0 Å². The Morgan fingerprint density at radius 3 is 2.55 bits per heavy atom. The summed E-state index contributed by atoms with van der Waals surface area (Å²) in [4.78, 5) is 22.2. The van der Waals surface area contributed by atoms with Crippen molar-refractivity contribution < 1.29 is 31.9 Å². The highest BCUT2D eigenvalue weighted by atomic mass is 32.2. The van der Waals surface area contributed by atoms with Gasteiger partial charge in [-0.2, -0.15) is 4.39 Å². The highest BCUT2D eigenvalue weighted by Crippen LogP contribution is 2.22. The van der Waals surface area contributed by atoms with E-state index in [1.165, 1.54) is 24.3 Å². The van der Waals surface area contributed by atoms with Crippen molar-refractivity contribution in [3.05, 3.63) is 41.2 Å². The summed E-state index contributed by atoms with van der Waals surface area (Å²) < 4.78 is 49.5. The summed E-state index contributed by atoms with van der Waals surface area (Å²) in [7, 11) is -3.49. The van der Waals surface area contributed by atoms with E-state index in [2.05, 4.69) is 15.5 Å². The molecule has 1 aromatic heterocycles. The van der Waals surface area contributed by atoms with Crippen molar-refractivity contribution in [1.29, 1.82) is 0 Å². The van der Waals surface area contributed by atoms with E-state index in [0.717, 1.165) is 6.20 Å². The van der Waals surface area contributed by atoms with Crippen molar-refractivity contribution >= 4 is 37.9 Å². The molecule has 12 heteroatoms. The van der Waals surface area contributed by atoms with Gasteiger partial charge in [0.1, 0.15) is 0 Å². The Morgan fingerprint density at radius 2 is 1.91 bits per heavy atom. The Balaban J connectivity index is 1.52. The molecule has 0 radical (unpaired) electrons. The molecule has 0 unspecified atom stereocenters. The second kappa shape index (κ2) is 10.7. The minimum atomic E-state index is -3.49. The summed E-state index contributed by atoms with van der Waals surface area (Å²) in [5, 5.41) is 6.04. The molecule has 1 aromatic carbocycles. The molecule has 0 aliphatic carbocycles. The van der Waals surface area contributed by atoms with Crippen LogP contribution >= 0.6 is 11.3 Å². The van der Waals surface area contributed by atoms with Gasteiger partial charge in [-0.05, 0) is 30.9 Å². The third-order valence-electron chi connectivity index (χ3n) is 5.38. The van der Waals surface area contributed by atoms with Gasteiger partial charge in [0.2, 0.25) is 0 Å². The number of benzene rings is 1. The Labute approximate surface area is 194 Å². The largest absolute Gasteiger partial charge is 0.389 e. The molecule has 2 fully saturated rings. The molecular formula is C21H24FN3O6S2. The van der Waals surface area contributed by atoms with Gasteiger partial charge in [-0.25, -0.2) is 13.4 Å². The van der Waals surface area contributed by atoms with Crippen LogP contribution in [0.2, 0.25) is 0 Å². The standard InChI is InChI=1S/C21H24FN3O6S2/c22-18-11-23-21(32-18)24-20(26)19(25-31-16-7-10-30-12-16)15-1-3-17(4-2-15)33(27,28)13-14-5-8-29-9-6-14/h1-4,11,14,16H,5-10,12-13H2,(H,23,24,26)/t16-/m1/s1. The van der Waals surface area contributed by atoms with Gasteiger partial charge in [0.25, 0.3) is 5.91 Å². The van der Waals surface area contributed by atoms with Crippen LogP contribution in [0.3, 0.4) is 0 Å². The number of ether oxygens (including phenoxy) is 2. The summed E-state index contributed by atoms with van der Waals surface area (Å²) >= 11 is 0.681. The van der Waals surface area contributed by atoms with E-state index < -0.39 is 20.9 Å². The second-order valence-electron chi connectivity index (χ2n) is 7.82. The molecule has 0 saturated carbocycles. The number of oxime groups is 1. The summed E-state index contributed by atoms with van der Waals surface area (Å²) in [6, 6.07) is 5.92. The molecular weight excluding hydrogens is 473 g/mol. The first-order valence-electron chi connectivity index (χ1n) is 10.6. The molecule has 2 aromatic rings. The summed E-state index contributed by atoms with van der Waals surface area (Å²) in [5.74, 6) is -0.537. The van der Waals surface area contributed by atoms with Gasteiger partial charge in [-0.3, -0.25) is 10.1 Å². The topological polar surface area (TPSA) is 116 Å². The summed E-state index contributed by atoms with van der Waals surface area (Å²) in [6.45, 7) is 2.05. The monoisotopic (exact) mass is 497 g/mol. The maximum Gasteiger partial charge on any atom is 0.280 e. The molecule has 178 valence electrons. The molecule has 3 heterocycles. The van der Waals surface area contributed by atoms with Gasteiger partial charge in [-0.1, -0.05) is 28.6 Å². The van der Waals surface area contributed by atoms with Crippen LogP contribution in [0, 0.1) is 11.0 Å². The molecule has 1 N–H and O–H groups in total. The van der Waals surface area contributed by atoms with Crippen LogP contribution in [0.5, 0.6) is 0 Å². The van der Waals surface area contributed by atoms with Crippen molar-refractivity contribution in [2.24, 2.45) is 11.1 Å². The predicted octanol–water partition coefficient (Wildman–Crippen LogP) is 2.63. The highest BCUT2D eigenvalue weighted by molar-refractivity contribution is 7.91. The number of hydrogen-bond donors (Lipinski definition) is 1. The van der Waals surface area contributed by atoms with Crippen molar-refractivity contribution in [2.75, 3.05) is 37.5 Å². The fraction of sp³-hybridized carbons (Fsp3) is 0.476. The van der Waals surface area contributed by atoms with Gasteiger partial charge < -0.3 is 14.3 Å². The molecule has 0 spiro atoms. The second-order valence-corrected chi connectivity index (χ2v) is 10.8. The SMILES string of the molecule is O=C(Nc1ncc(F)s1)C(=NO[C@@H]1CCOC1)c1ccc(S(=O)(=O)CC2CCOCC2)cc1. The lowest BCUT2D eigenvalue weighted by Crippen LogP contribution is -2.25. The lowest BCUT2D eigenvalue weighted by atomic mass is 10.0. The van der Waals surface area contributed by atoms with Crippen molar-refractivity contribution in [1.82, 2.24) is 4.98 Å². The minimum absolute atomic E-state index is 0.0531. The van der Waals surface area contributed by atoms with Crippen LogP contribution in [0.4, 0.5) is 9.52 Å². The third-order valence-corrected chi connectivity index (χ3v) is 7.98. The zero-order valence-corrected chi connectivity index (χ0v) is 19.4. The highest BCUT2D eigenvalue weighted by Gasteiger charge is 2.25. The third kappa shape index (κ3) is 6.34. The van der Waals surface area contributed by atoms with Gasteiger partial charge >= 0.3 is 0 Å². The zero-order chi connectivity index (χ0) is 23.3. The lowest BCUT2D eigenvalue weighted by molar-refractivity contribution is -0.110. The fourth-order valence-electron chi connectivity index (χ4n) is 3.56. The Kier molecular flexibility index (Phi) is 7.68. The molecule has 2 aliphatic heterocycles. The van der Waals surface area contributed by atoms with Crippen molar-refractivity contribution in [3.63, 3.8) is 0 Å². The molecule has 2 aliphatic rings. The van der Waals surface area contributed by atoms with Gasteiger partial charge in [0, 0.05) is 25.2 Å². The Hall–Kier alpha value is -2.41. The smallest absolute Gasteiger partial charge is 0.280 e. The number of thiazole rings is 1. The number of nitrogens with one attached hydrogen (secondary N) is 1. The number of rotatable bonds is 8. The maximum absolute atomic E-state index is 13.3. The molecule has 2 saturated heterocycles. The maximum atomic E-state index is 13.3. The molecule has 4 rings (SSSR count). The molecule has 1 amide bonds. The fourth-order valence-corrected chi connectivity index (χ4v) is 5.79. The number of carbonyl (C=O) groups excluding carboxylic acids is 1. The number of sulfone groups is 1. The van der Waals surface area contributed by atoms with E-state index in [1.807, 2.05) is 0 Å². The quantitative estimate of drug-likeness (QED) is 0.440. The lowest BCUT2D eigenvalue weighted by Gasteiger charge is -2.21. The van der Waals surface area contributed by atoms with Crippen LogP contribution < -0.4 is 5.32 Å². The van der Waals surface area contributed by atoms with Crippen LogP contribution in [0.15, 0.2) is 40.5 Å². The number of halogens is 1. The molecule has 0 bridgehead atoms. The number of nitrogens with zero attached hydrogens (tertiary/aromatic N) is 2. The first kappa shape index (κ1) is 23.7. The van der Waals surface area contributed by atoms with E-state index in [-0.39, 0.29) is 33.5 Å². The minimum Gasteiger partial charge on any atom is -0.389 e. The summed E-state index contributed by atoms with van der Waals surface area (Å²) in [5.41, 5.74) is 0.277. The average molecular weight is 498 g/mol. The number of anilines is 1. The van der Waals surface area contributed by atoms with Gasteiger partial charge in [0.05, 0.1) is 30.1 Å². The first-order chi connectivity index (χ1) is 15.9. The number of amides is 1. The average Bonchev–Trinajstić information content (AvgIpc) is 3.46. The predicted molar refractivity (Wildman–Crippen MR) is 120 cm³/mol. The normalized spacial score (nSPS) is 20.0. The Bertz CT molecular complexity index is 1090. The van der Waals surface area contributed by atoms with Crippen LogP contribution in [-0.2, 0) is 28.9 Å². The van der Waals surface area contributed by atoms with E-state index >= 15 is 0 Å². The molecule has 9 nitrogen and oxygen atoms in total. The van der Waals surface area contributed by atoms with Crippen LogP contribution in [-0.4, -0.2) is 63.3 Å². The number of hydrogen-bond acceptors (Lipinski definition) is 9. The van der Waals surface area contributed by atoms with Crippen LogP contribution in [0.25, 0.3) is 0 Å². The van der Waals surface area contributed by atoms with E-state index in [0.29, 0.717) is 62.6 Å². The van der Waals surface area contributed by atoms with Gasteiger partial charge in [-0.15, -0.1) is 0 Å².